The summed E-state index contributed by atoms with van der Waals surface area (Å²) < 4.78 is 24.7. The van der Waals surface area contributed by atoms with Crippen LogP contribution in [0.2, 0.25) is 0 Å². The molecule has 6 nitrogen and oxygen atoms in total. The highest BCUT2D eigenvalue weighted by Crippen LogP contribution is 2.36. The lowest BCUT2D eigenvalue weighted by atomic mass is 10.3. The Kier molecular flexibility index (Phi) is 3.55. The van der Waals surface area contributed by atoms with Crippen molar-refractivity contribution in [3.8, 4) is 0 Å². The predicted molar refractivity (Wildman–Crippen MR) is 92.8 cm³/mol. The first-order valence-electron chi connectivity index (χ1n) is 6.62. The summed E-state index contributed by atoms with van der Waals surface area (Å²) >= 11 is 0. The van der Waals surface area contributed by atoms with Crippen LogP contribution in [0.3, 0.4) is 0 Å². The highest BCUT2D eigenvalue weighted by Gasteiger charge is 2.20. The van der Waals surface area contributed by atoms with Crippen LogP contribution in [0.1, 0.15) is 0 Å². The van der Waals surface area contributed by atoms with Gasteiger partial charge in [0.05, 0.1) is 43.7 Å². The summed E-state index contributed by atoms with van der Waals surface area (Å²) in [5.41, 5.74) is 3.08. The number of nitrogens with one attached hydrogen (secondary N) is 2. The van der Waals surface area contributed by atoms with Gasteiger partial charge in [0, 0.05) is 0 Å². The lowest BCUT2D eigenvalue weighted by Gasteiger charge is -1.97. The van der Waals surface area contributed by atoms with Gasteiger partial charge in [-0.05, 0) is 24.3 Å². The monoisotopic (exact) mass is 362 g/mol. The number of para-hydroxylation sites is 4. The molecule has 0 saturated heterocycles. The van der Waals surface area contributed by atoms with E-state index in [2.05, 4.69) is 19.9 Å². The Morgan fingerprint density at radius 3 is 1.61 bits per heavy atom. The van der Waals surface area contributed by atoms with Crippen molar-refractivity contribution in [2.75, 3.05) is 0 Å². The molecule has 4 rings (SSSR count). The molecule has 0 atom stereocenters. The molecule has 4 aromatic rings. The van der Waals surface area contributed by atoms with Crippen LogP contribution in [0, 0.1) is 0 Å². The molecular weight excluding hydrogens is 352 g/mol. The third-order valence-electron chi connectivity index (χ3n) is 3.10. The minimum Gasteiger partial charge on any atom is -0.332 e. The van der Waals surface area contributed by atoms with Crippen molar-refractivity contribution in [3.05, 3.63) is 48.5 Å². The quantitative estimate of drug-likeness (QED) is 0.539. The van der Waals surface area contributed by atoms with Crippen molar-refractivity contribution in [2.45, 2.75) is 10.3 Å². The van der Waals surface area contributed by atoms with E-state index in [9.17, 15) is 8.42 Å². The highest BCUT2D eigenvalue weighted by molar-refractivity contribution is 9.04. The van der Waals surface area contributed by atoms with Crippen LogP contribution in [0.4, 0.5) is 0 Å². The van der Waals surface area contributed by atoms with E-state index in [1.165, 1.54) is 0 Å². The van der Waals surface area contributed by atoms with Gasteiger partial charge >= 0.3 is 0 Å². The van der Waals surface area contributed by atoms with E-state index in [-0.39, 0.29) is 0 Å². The molecule has 0 saturated carbocycles. The average molecular weight is 362 g/mol. The number of H-pyrrole nitrogens is 2. The van der Waals surface area contributed by atoms with E-state index >= 15 is 0 Å². The summed E-state index contributed by atoms with van der Waals surface area (Å²) in [6.45, 7) is 0. The summed E-state index contributed by atoms with van der Waals surface area (Å²) in [7, 11) is -2.17. The summed E-state index contributed by atoms with van der Waals surface area (Å²) in [5, 5.41) is 0.685. The van der Waals surface area contributed by atoms with E-state index in [0.29, 0.717) is 31.9 Å². The minimum atomic E-state index is -3.54. The van der Waals surface area contributed by atoms with Gasteiger partial charge in [0.15, 0.2) is 10.3 Å². The number of nitrogens with zero attached hydrogens (tertiary/aromatic N) is 2. The maximum absolute atomic E-state index is 12.3. The molecule has 0 aliphatic rings. The van der Waals surface area contributed by atoms with Gasteiger partial charge < -0.3 is 9.97 Å². The first kappa shape index (κ1) is 14.6. The van der Waals surface area contributed by atoms with Crippen molar-refractivity contribution < 1.29 is 8.42 Å². The Morgan fingerprint density at radius 2 is 1.17 bits per heavy atom. The molecular formula is C14H10N4O2S3. The van der Waals surface area contributed by atoms with Crippen molar-refractivity contribution in [2.24, 2.45) is 0 Å². The van der Waals surface area contributed by atoms with Crippen LogP contribution >= 0.6 is 21.6 Å². The maximum Gasteiger partial charge on any atom is 0.268 e. The number of hydrogen-bond donors (Lipinski definition) is 2. The SMILES string of the molecule is O=S(=O)(Sc1nc2ccccc2[nH]1)Sc1nc2ccccc2[nH]1. The molecule has 0 unspecified atom stereocenters. The van der Waals surface area contributed by atoms with Crippen LogP contribution in [0.5, 0.6) is 0 Å². The third kappa shape index (κ3) is 3.07. The third-order valence-corrected chi connectivity index (χ3v) is 7.60. The molecule has 0 fully saturated rings. The van der Waals surface area contributed by atoms with E-state index in [1.807, 2.05) is 48.5 Å². The van der Waals surface area contributed by atoms with Gasteiger partial charge in [0.1, 0.15) is 0 Å². The van der Waals surface area contributed by atoms with Gasteiger partial charge in [-0.2, -0.15) is 0 Å². The Labute approximate surface area is 138 Å². The molecule has 0 radical (unpaired) electrons. The fourth-order valence-corrected chi connectivity index (χ4v) is 6.35. The largest absolute Gasteiger partial charge is 0.332 e. The molecule has 9 heteroatoms. The molecule has 0 bridgehead atoms. The van der Waals surface area contributed by atoms with Crippen molar-refractivity contribution in [1.82, 2.24) is 19.9 Å². The number of aromatic amines is 2. The fraction of sp³-hybridized carbons (Fsp3) is 0. The fourth-order valence-electron chi connectivity index (χ4n) is 2.15. The van der Waals surface area contributed by atoms with E-state index < -0.39 is 7.90 Å². The predicted octanol–water partition coefficient (Wildman–Crippen LogP) is 3.57. The number of benzene rings is 2. The summed E-state index contributed by atoms with van der Waals surface area (Å²) in [6.07, 6.45) is 0. The topological polar surface area (TPSA) is 91.5 Å². The van der Waals surface area contributed by atoms with Gasteiger partial charge in [-0.1, -0.05) is 24.3 Å². The number of aromatic nitrogens is 4. The van der Waals surface area contributed by atoms with E-state index in [1.54, 1.807) is 0 Å². The Balaban J connectivity index is 1.59. The van der Waals surface area contributed by atoms with Crippen LogP contribution < -0.4 is 0 Å². The zero-order valence-electron chi connectivity index (χ0n) is 11.6. The van der Waals surface area contributed by atoms with E-state index in [0.717, 1.165) is 22.1 Å². The Morgan fingerprint density at radius 1 is 0.739 bits per heavy atom. The molecule has 2 aromatic heterocycles. The summed E-state index contributed by atoms with van der Waals surface area (Å²) in [4.78, 5) is 14.5. The van der Waals surface area contributed by atoms with Gasteiger partial charge in [-0.3, -0.25) is 0 Å². The van der Waals surface area contributed by atoms with Crippen LogP contribution in [-0.4, -0.2) is 28.4 Å². The molecule has 2 heterocycles. The first-order chi connectivity index (χ1) is 11.1. The number of rotatable bonds is 4. The Hall–Kier alpha value is -1.97. The van der Waals surface area contributed by atoms with E-state index in [4.69, 9.17) is 0 Å². The van der Waals surface area contributed by atoms with Crippen LogP contribution in [0.15, 0.2) is 58.8 Å². The van der Waals surface area contributed by atoms with Gasteiger partial charge in [0.25, 0.3) is 7.90 Å². The number of hydrogen-bond acceptors (Lipinski definition) is 6. The van der Waals surface area contributed by atoms with Crippen molar-refractivity contribution in [3.63, 3.8) is 0 Å². The average Bonchev–Trinajstić information content (AvgIpc) is 3.07. The molecule has 2 aromatic carbocycles. The van der Waals surface area contributed by atoms with Gasteiger partial charge in [-0.25, -0.2) is 18.4 Å². The summed E-state index contributed by atoms with van der Waals surface area (Å²) in [6, 6.07) is 14.8. The summed E-state index contributed by atoms with van der Waals surface area (Å²) in [5.74, 6) is 0. The normalized spacial score (nSPS) is 12.2. The van der Waals surface area contributed by atoms with Crippen molar-refractivity contribution >= 4 is 51.6 Å². The minimum absolute atomic E-state index is 0.342. The lowest BCUT2D eigenvalue weighted by molar-refractivity contribution is 0.623. The van der Waals surface area contributed by atoms with Crippen molar-refractivity contribution in [1.29, 1.82) is 0 Å². The molecule has 0 spiro atoms. The molecule has 0 amide bonds. The van der Waals surface area contributed by atoms with Crippen LogP contribution in [0.25, 0.3) is 22.1 Å². The second kappa shape index (κ2) is 5.59. The zero-order chi connectivity index (χ0) is 15.9. The standard InChI is InChI=1S/C14H10N4O2S3/c19-23(20,21-13-15-9-5-1-2-6-10(9)16-13)22-14-17-11-7-3-4-8-12(11)18-14/h1-8H,(H,15,16)(H,17,18). The molecule has 0 aliphatic carbocycles. The van der Waals surface area contributed by atoms with Gasteiger partial charge in [-0.15, -0.1) is 0 Å². The molecule has 23 heavy (non-hydrogen) atoms. The second-order valence-corrected chi connectivity index (χ2v) is 10.9. The maximum atomic E-state index is 12.3. The molecule has 116 valence electrons. The number of imidazole rings is 2. The van der Waals surface area contributed by atoms with Crippen LogP contribution in [-0.2, 0) is 7.90 Å². The van der Waals surface area contributed by atoms with Gasteiger partial charge in [0.2, 0.25) is 0 Å². The Bertz CT molecular complexity index is 953. The smallest absolute Gasteiger partial charge is 0.268 e. The second-order valence-electron chi connectivity index (χ2n) is 4.69. The first-order valence-corrected chi connectivity index (χ1v) is 10.8. The number of fused-ring (bicyclic) bond motifs is 2. The molecule has 0 aliphatic heterocycles. The molecule has 2 N–H and O–H groups in total. The lowest BCUT2D eigenvalue weighted by Crippen LogP contribution is -1.89. The zero-order valence-corrected chi connectivity index (χ0v) is 14.0. The highest BCUT2D eigenvalue weighted by atomic mass is 33.5.